The number of ether oxygens (including phenoxy) is 1. The number of thiophene rings is 1. The van der Waals surface area contributed by atoms with Gasteiger partial charge in [0.15, 0.2) is 0 Å². The van der Waals surface area contributed by atoms with Crippen molar-refractivity contribution < 1.29 is 23.1 Å². The highest BCUT2D eigenvalue weighted by Crippen LogP contribution is 2.29. The van der Waals surface area contributed by atoms with E-state index in [0.29, 0.717) is 11.3 Å². The van der Waals surface area contributed by atoms with Crippen LogP contribution < -0.4 is 9.46 Å². The van der Waals surface area contributed by atoms with E-state index in [0.717, 1.165) is 11.3 Å². The molecule has 0 aliphatic rings. The Morgan fingerprint density at radius 2 is 2.05 bits per heavy atom. The minimum absolute atomic E-state index is 0.0461. The summed E-state index contributed by atoms with van der Waals surface area (Å²) in [7, 11) is -2.34. The third-order valence-electron chi connectivity index (χ3n) is 2.70. The van der Waals surface area contributed by atoms with Gasteiger partial charge in [0.25, 0.3) is 10.0 Å². The molecule has 0 bridgehead atoms. The van der Waals surface area contributed by atoms with E-state index in [1.54, 1.807) is 19.1 Å². The van der Waals surface area contributed by atoms with E-state index < -0.39 is 16.0 Å². The first-order valence-electron chi connectivity index (χ1n) is 5.84. The highest BCUT2D eigenvalue weighted by atomic mass is 32.2. The van der Waals surface area contributed by atoms with Crippen molar-refractivity contribution in [2.75, 3.05) is 11.8 Å². The lowest BCUT2D eigenvalue weighted by molar-refractivity contribution is 0.0701. The van der Waals surface area contributed by atoms with E-state index in [4.69, 9.17) is 9.84 Å². The Morgan fingerprint density at radius 3 is 2.62 bits per heavy atom. The van der Waals surface area contributed by atoms with Crippen LogP contribution in [0.25, 0.3) is 0 Å². The van der Waals surface area contributed by atoms with Gasteiger partial charge in [0.1, 0.15) is 15.6 Å². The van der Waals surface area contributed by atoms with Crippen molar-refractivity contribution in [1.29, 1.82) is 0 Å². The van der Waals surface area contributed by atoms with Crippen LogP contribution in [0.1, 0.15) is 15.2 Å². The van der Waals surface area contributed by atoms with Crippen molar-refractivity contribution in [3.8, 4) is 5.75 Å². The lowest BCUT2D eigenvalue weighted by Crippen LogP contribution is -2.12. The van der Waals surface area contributed by atoms with Gasteiger partial charge in [0.05, 0.1) is 12.0 Å². The first-order valence-corrected chi connectivity index (χ1v) is 8.14. The molecule has 1 heterocycles. The molecule has 0 atom stereocenters. The zero-order valence-electron chi connectivity index (χ0n) is 11.3. The number of hydrogen-bond donors (Lipinski definition) is 2. The maximum Gasteiger partial charge on any atom is 0.346 e. The third kappa shape index (κ3) is 3.34. The number of aromatic carboxylic acids is 1. The van der Waals surface area contributed by atoms with Crippen LogP contribution in [-0.2, 0) is 10.0 Å². The van der Waals surface area contributed by atoms with Crippen LogP contribution in [0, 0.1) is 6.92 Å². The molecule has 0 aliphatic heterocycles. The van der Waals surface area contributed by atoms with Crippen LogP contribution in [0.3, 0.4) is 0 Å². The van der Waals surface area contributed by atoms with Gasteiger partial charge in [-0.1, -0.05) is 6.07 Å². The molecule has 2 rings (SSSR count). The molecule has 0 radical (unpaired) electrons. The first-order chi connectivity index (χ1) is 9.83. The van der Waals surface area contributed by atoms with Crippen molar-refractivity contribution in [2.24, 2.45) is 0 Å². The van der Waals surface area contributed by atoms with Crippen molar-refractivity contribution in [3.63, 3.8) is 0 Å². The smallest absolute Gasteiger partial charge is 0.346 e. The molecule has 1 aromatic heterocycles. The Morgan fingerprint density at radius 1 is 1.33 bits per heavy atom. The number of carbonyl (C=O) groups is 1. The third-order valence-corrected chi connectivity index (χ3v) is 5.33. The fourth-order valence-corrected chi connectivity index (χ4v) is 3.93. The second-order valence-electron chi connectivity index (χ2n) is 4.21. The summed E-state index contributed by atoms with van der Waals surface area (Å²) in [6.07, 6.45) is 0. The first kappa shape index (κ1) is 15.3. The van der Waals surface area contributed by atoms with Gasteiger partial charge in [0.2, 0.25) is 0 Å². The van der Waals surface area contributed by atoms with Crippen LogP contribution in [0.2, 0.25) is 0 Å². The fraction of sp³-hybridized carbons (Fsp3) is 0.154. The molecule has 1 aromatic carbocycles. The zero-order valence-corrected chi connectivity index (χ0v) is 12.9. The lowest BCUT2D eigenvalue weighted by atomic mass is 10.3. The van der Waals surface area contributed by atoms with Gasteiger partial charge in [-0.05, 0) is 30.7 Å². The van der Waals surface area contributed by atoms with Crippen LogP contribution in [0.5, 0.6) is 5.75 Å². The number of carboxylic acid groups (broad SMARTS) is 1. The number of carboxylic acids is 1. The van der Waals surface area contributed by atoms with Gasteiger partial charge >= 0.3 is 5.97 Å². The van der Waals surface area contributed by atoms with Crippen molar-refractivity contribution in [3.05, 3.63) is 40.8 Å². The van der Waals surface area contributed by atoms with Crippen LogP contribution in [0.4, 0.5) is 5.00 Å². The molecule has 0 fully saturated rings. The predicted octanol–water partition coefficient (Wildman–Crippen LogP) is 2.56. The number of anilines is 1. The number of benzene rings is 1. The number of sulfonamides is 1. The summed E-state index contributed by atoms with van der Waals surface area (Å²) in [4.78, 5) is 11.1. The largest absolute Gasteiger partial charge is 0.497 e. The summed E-state index contributed by atoms with van der Waals surface area (Å²) in [5.74, 6) is -0.657. The molecule has 2 N–H and O–H groups in total. The molecule has 0 aliphatic carbocycles. The van der Waals surface area contributed by atoms with E-state index in [-0.39, 0.29) is 14.8 Å². The quantitative estimate of drug-likeness (QED) is 0.880. The molecule has 0 saturated heterocycles. The Hall–Kier alpha value is -2.06. The number of methoxy groups -OCH3 is 1. The summed E-state index contributed by atoms with van der Waals surface area (Å²) in [5, 5.41) is 9.24. The second-order valence-corrected chi connectivity index (χ2v) is 6.95. The van der Waals surface area contributed by atoms with Gasteiger partial charge < -0.3 is 9.84 Å². The molecular weight excluding hydrogens is 314 g/mol. The van der Waals surface area contributed by atoms with Gasteiger partial charge in [-0.3, -0.25) is 4.72 Å². The molecule has 112 valence electrons. The lowest BCUT2D eigenvalue weighted by Gasteiger charge is -2.07. The Balaban J connectivity index is 2.33. The number of hydrogen-bond acceptors (Lipinski definition) is 5. The van der Waals surface area contributed by atoms with Crippen molar-refractivity contribution in [1.82, 2.24) is 0 Å². The SMILES string of the molecule is COc1cccc(S(=O)(=O)Nc2cc(C)c(C(=O)O)s2)c1. The molecule has 8 heteroatoms. The van der Waals surface area contributed by atoms with E-state index in [2.05, 4.69) is 4.72 Å². The van der Waals surface area contributed by atoms with Crippen LogP contribution in [-0.4, -0.2) is 26.6 Å². The minimum Gasteiger partial charge on any atom is -0.497 e. The normalized spacial score (nSPS) is 11.1. The predicted molar refractivity (Wildman–Crippen MR) is 79.8 cm³/mol. The Labute approximate surface area is 126 Å². The summed E-state index contributed by atoms with van der Waals surface area (Å²) < 4.78 is 31.9. The number of nitrogens with one attached hydrogen (secondary N) is 1. The maximum absolute atomic E-state index is 12.3. The van der Waals surface area contributed by atoms with Crippen molar-refractivity contribution >= 4 is 32.3 Å². The molecule has 2 aromatic rings. The molecule has 0 unspecified atom stereocenters. The van der Waals surface area contributed by atoms with Gasteiger partial charge in [0, 0.05) is 6.07 Å². The van der Waals surface area contributed by atoms with E-state index >= 15 is 0 Å². The average Bonchev–Trinajstić information content (AvgIpc) is 2.79. The summed E-state index contributed by atoms with van der Waals surface area (Å²) in [6, 6.07) is 7.52. The summed E-state index contributed by atoms with van der Waals surface area (Å²) in [6.45, 7) is 1.61. The molecule has 0 saturated carbocycles. The topological polar surface area (TPSA) is 92.7 Å². The monoisotopic (exact) mass is 327 g/mol. The van der Waals surface area contributed by atoms with E-state index in [1.165, 1.54) is 25.3 Å². The van der Waals surface area contributed by atoms with Gasteiger partial charge in [-0.25, -0.2) is 13.2 Å². The van der Waals surface area contributed by atoms with Gasteiger partial charge in [-0.2, -0.15) is 0 Å². The molecule has 0 spiro atoms. The standard InChI is InChI=1S/C13H13NO5S2/c1-8-6-11(20-12(8)13(15)16)14-21(17,18)10-5-3-4-9(7-10)19-2/h3-7,14H,1-2H3,(H,15,16). The minimum atomic E-state index is -3.79. The summed E-state index contributed by atoms with van der Waals surface area (Å²) >= 11 is 0.878. The molecule has 6 nitrogen and oxygen atoms in total. The van der Waals surface area contributed by atoms with Crippen molar-refractivity contribution in [2.45, 2.75) is 11.8 Å². The second kappa shape index (κ2) is 5.74. The van der Waals surface area contributed by atoms with Crippen LogP contribution >= 0.6 is 11.3 Å². The van der Waals surface area contributed by atoms with E-state index in [9.17, 15) is 13.2 Å². The average molecular weight is 327 g/mol. The molecule has 21 heavy (non-hydrogen) atoms. The van der Waals surface area contributed by atoms with Crippen LogP contribution in [0.15, 0.2) is 35.2 Å². The Kier molecular flexibility index (Phi) is 4.19. The highest BCUT2D eigenvalue weighted by molar-refractivity contribution is 7.93. The number of aryl methyl sites for hydroxylation is 1. The Bertz CT molecular complexity index is 780. The molecule has 0 amide bonds. The number of rotatable bonds is 5. The van der Waals surface area contributed by atoms with Gasteiger partial charge in [-0.15, -0.1) is 11.3 Å². The maximum atomic E-state index is 12.3. The van der Waals surface area contributed by atoms with E-state index in [1.807, 2.05) is 0 Å². The highest BCUT2D eigenvalue weighted by Gasteiger charge is 2.19. The molecular formula is C13H13NO5S2. The fourth-order valence-electron chi connectivity index (χ4n) is 1.70. The zero-order chi connectivity index (χ0) is 15.6. The summed E-state index contributed by atoms with van der Waals surface area (Å²) in [5.41, 5.74) is 0.510.